The molecule has 0 amide bonds. The Balaban J connectivity index is 0.776. The fraction of sp³-hybridized carbons (Fsp3) is 0.333. The number of carbonyl (C=O) groups is 1. The number of aromatic nitrogens is 1. The molecule has 0 saturated heterocycles. The summed E-state index contributed by atoms with van der Waals surface area (Å²) in [5.74, 6) is 0.804. The molecule has 1 aromatic heterocycles. The van der Waals surface area contributed by atoms with Gasteiger partial charge in [0.15, 0.2) is 0 Å². The summed E-state index contributed by atoms with van der Waals surface area (Å²) in [6.07, 6.45) is 16.2. The molecular formula is C66H77N2O3P. The van der Waals surface area contributed by atoms with E-state index < -0.39 is 7.26 Å². The van der Waals surface area contributed by atoms with Crippen molar-refractivity contribution in [1.82, 2.24) is 9.88 Å². The molecule has 8 rings (SSSR count). The molecular weight excluding hydrogens is 900 g/mol. The zero-order valence-electron chi connectivity index (χ0n) is 43.2. The van der Waals surface area contributed by atoms with Crippen LogP contribution in [0.5, 0.6) is 5.88 Å². The Hall–Kier alpha value is -6.13. The van der Waals surface area contributed by atoms with E-state index in [1.165, 1.54) is 94.5 Å². The molecule has 0 bridgehead atoms. The van der Waals surface area contributed by atoms with Crippen molar-refractivity contribution in [2.45, 2.75) is 102 Å². The smallest absolute Gasteiger partial charge is 0.0230 e. The number of methoxy groups -OCH3 is 1. The first-order chi connectivity index (χ1) is 35.4. The number of aryl methyl sites for hydroxylation is 1. The zero-order valence-corrected chi connectivity index (χ0v) is 44.2. The number of fused-ring (bicyclic) bond motifs is 2. The van der Waals surface area contributed by atoms with Gasteiger partial charge in [0.2, 0.25) is 5.88 Å². The van der Waals surface area contributed by atoms with Crippen LogP contribution in [0.4, 0.5) is 0 Å². The van der Waals surface area contributed by atoms with Gasteiger partial charge in [-0.15, -0.1) is 0 Å². The maximum absolute atomic E-state index is 12.7. The molecule has 1 unspecified atom stereocenters. The van der Waals surface area contributed by atoms with E-state index in [9.17, 15) is 4.79 Å². The normalized spacial score (nSPS) is 12.8. The van der Waals surface area contributed by atoms with Crippen LogP contribution in [-0.2, 0) is 16.0 Å². The molecule has 0 aliphatic heterocycles. The van der Waals surface area contributed by atoms with Gasteiger partial charge < -0.3 is 14.4 Å². The standard InChI is InChI=1S/C66H77N2O3P/c1-68(2)47-46-61(60-42-29-34-53-31-24-25-41-59(53)60)65(54-32-15-11-16-33-54)62-51-55-50-52(44-45-63(55)67-66(62)70-3)30-26-27-48-71-64(69)43-23-9-7-5-4-6-8-10-28-49-72(56-35-17-12-18-36-56,57-37-19-13-20-38-57)58-39-21-14-22-40-58/h11-22,24-25,29,31-42,44-45,50-51,61,65,72H,4-10,23,26-28,30,43,46-49H2,1-3H3/t61?,65-/m0/s1. The van der Waals surface area contributed by atoms with Crippen LogP contribution < -0.4 is 20.7 Å². The molecule has 0 fully saturated rings. The molecule has 8 aromatic rings. The van der Waals surface area contributed by atoms with Gasteiger partial charge >= 0.3 is 191 Å². The largest absolute Gasteiger partial charge is 0.309 e. The minimum Gasteiger partial charge on any atom is -0.309 e. The van der Waals surface area contributed by atoms with Crippen LogP contribution >= 0.6 is 7.26 Å². The molecule has 0 saturated carbocycles. The first kappa shape index (κ1) is 52.2. The maximum Gasteiger partial charge on any atom is 0.0230 e. The Morgan fingerprint density at radius 3 is 1.75 bits per heavy atom. The molecule has 374 valence electrons. The summed E-state index contributed by atoms with van der Waals surface area (Å²) in [5.41, 5.74) is 5.89. The van der Waals surface area contributed by atoms with Gasteiger partial charge in [0.05, 0.1) is 19.2 Å². The third-order valence-electron chi connectivity index (χ3n) is 14.9. The number of pyridine rings is 1. The number of ether oxygens (including phenoxy) is 2. The van der Waals surface area contributed by atoms with Gasteiger partial charge in [-0.05, 0) is 97.9 Å². The van der Waals surface area contributed by atoms with Crippen molar-refractivity contribution in [2.24, 2.45) is 0 Å². The van der Waals surface area contributed by atoms with Crippen molar-refractivity contribution in [1.29, 1.82) is 0 Å². The predicted molar refractivity (Wildman–Crippen MR) is 308 cm³/mol. The van der Waals surface area contributed by atoms with E-state index in [0.29, 0.717) is 18.9 Å². The van der Waals surface area contributed by atoms with Gasteiger partial charge in [0.1, 0.15) is 0 Å². The van der Waals surface area contributed by atoms with Crippen molar-refractivity contribution >= 4 is 50.8 Å². The fourth-order valence-corrected chi connectivity index (χ4v) is 16.1. The van der Waals surface area contributed by atoms with Gasteiger partial charge in [-0.2, -0.15) is 0 Å². The van der Waals surface area contributed by atoms with E-state index in [-0.39, 0.29) is 17.8 Å². The Bertz CT molecular complexity index is 2770. The van der Waals surface area contributed by atoms with E-state index >= 15 is 0 Å². The Labute approximate surface area is 431 Å². The van der Waals surface area contributed by atoms with E-state index in [4.69, 9.17) is 14.5 Å². The minimum absolute atomic E-state index is 0.0168. The van der Waals surface area contributed by atoms with Crippen LogP contribution in [0.25, 0.3) is 21.7 Å². The summed E-state index contributed by atoms with van der Waals surface area (Å²) in [7, 11) is 3.92. The molecule has 0 radical (unpaired) electrons. The number of hydrogen-bond acceptors (Lipinski definition) is 5. The molecule has 1 heterocycles. The summed E-state index contributed by atoms with van der Waals surface area (Å²) in [6, 6.07) is 69.2. The van der Waals surface area contributed by atoms with Gasteiger partial charge in [-0.3, -0.25) is 4.79 Å². The maximum atomic E-state index is 12.7. The molecule has 5 nitrogen and oxygen atoms in total. The van der Waals surface area contributed by atoms with Gasteiger partial charge in [0, 0.05) is 16.9 Å². The summed E-state index contributed by atoms with van der Waals surface area (Å²) < 4.78 is 11.8. The number of rotatable bonds is 28. The quantitative estimate of drug-likeness (QED) is 0.0278. The summed E-state index contributed by atoms with van der Waals surface area (Å²) in [4.78, 5) is 20.1. The van der Waals surface area contributed by atoms with E-state index in [2.05, 4.69) is 207 Å². The number of hydrogen-bond donors (Lipinski definition) is 0. The van der Waals surface area contributed by atoms with Crippen LogP contribution in [0.1, 0.15) is 118 Å². The monoisotopic (exact) mass is 977 g/mol. The van der Waals surface area contributed by atoms with Gasteiger partial charge in [-0.25, -0.2) is 4.98 Å². The van der Waals surface area contributed by atoms with Gasteiger partial charge in [0.25, 0.3) is 0 Å². The van der Waals surface area contributed by atoms with Crippen LogP contribution in [-0.4, -0.2) is 56.4 Å². The Morgan fingerprint density at radius 2 is 1.12 bits per heavy atom. The van der Waals surface area contributed by atoms with E-state index in [0.717, 1.165) is 61.5 Å². The Morgan fingerprint density at radius 1 is 0.556 bits per heavy atom. The third kappa shape index (κ3) is 13.7. The third-order valence-corrected chi connectivity index (χ3v) is 20.0. The van der Waals surface area contributed by atoms with Crippen LogP contribution in [0, 0.1) is 0 Å². The number of carbonyl (C=O) groups excluding carboxylic acids is 1. The van der Waals surface area contributed by atoms with Crippen LogP contribution in [0.15, 0.2) is 188 Å². The molecule has 2 atom stereocenters. The molecule has 72 heavy (non-hydrogen) atoms. The first-order valence-corrected chi connectivity index (χ1v) is 29.1. The van der Waals surface area contributed by atoms with Crippen molar-refractivity contribution in [3.63, 3.8) is 0 Å². The average molecular weight is 977 g/mol. The van der Waals surface area contributed by atoms with Crippen molar-refractivity contribution in [3.05, 3.63) is 210 Å². The molecule has 6 heteroatoms. The molecule has 0 aliphatic carbocycles. The van der Waals surface area contributed by atoms with Crippen molar-refractivity contribution in [3.8, 4) is 5.88 Å². The average Bonchev–Trinajstić information content (AvgIpc) is 3.42. The minimum atomic E-state index is -2.14. The second kappa shape index (κ2) is 27.1. The Kier molecular flexibility index (Phi) is 19.6. The van der Waals surface area contributed by atoms with Crippen molar-refractivity contribution < 1.29 is 14.3 Å². The molecule has 0 aliphatic rings. The number of benzene rings is 7. The van der Waals surface area contributed by atoms with Crippen LogP contribution in [0.2, 0.25) is 0 Å². The molecule has 0 spiro atoms. The van der Waals surface area contributed by atoms with Gasteiger partial charge in [-0.1, -0.05) is 78.9 Å². The summed E-state index contributed by atoms with van der Waals surface area (Å²) in [6.45, 7) is 1.42. The second-order valence-corrected chi connectivity index (χ2v) is 24.2. The number of nitrogens with zero attached hydrogens (tertiary/aromatic N) is 2. The van der Waals surface area contributed by atoms with Crippen molar-refractivity contribution in [2.75, 3.05) is 40.5 Å². The van der Waals surface area contributed by atoms with Crippen LogP contribution in [0.3, 0.4) is 0 Å². The SMILES string of the molecule is COc1nc2ccc(CCCCOC(=O)CCCCCCCCCCC[PH](c3ccccc3)(c3ccccc3)c3ccccc3)cc2cc1[C@@H](c1ccccc1)C(CCN(C)C)c1cccc2ccccc12. The summed E-state index contributed by atoms with van der Waals surface area (Å²) >= 11 is 0. The first-order valence-electron chi connectivity index (χ1n) is 26.9. The molecule has 0 N–H and O–H groups in total. The number of esters is 1. The second-order valence-electron chi connectivity index (χ2n) is 20.1. The van der Waals surface area contributed by atoms with E-state index in [1.807, 2.05) is 0 Å². The molecule has 7 aromatic carbocycles. The number of unbranched alkanes of at least 4 members (excludes halogenated alkanes) is 9. The summed E-state index contributed by atoms with van der Waals surface area (Å²) in [5, 5.41) is 8.17. The fourth-order valence-electron chi connectivity index (χ4n) is 11.2. The van der Waals surface area contributed by atoms with E-state index in [1.54, 1.807) is 7.11 Å². The zero-order chi connectivity index (χ0) is 49.8. The predicted octanol–water partition coefficient (Wildman–Crippen LogP) is 14.8. The topological polar surface area (TPSA) is 51.7 Å².